The van der Waals surface area contributed by atoms with Gasteiger partial charge in [0.1, 0.15) is 12.4 Å². The molecule has 35 heavy (non-hydrogen) atoms. The van der Waals surface area contributed by atoms with Gasteiger partial charge in [-0.05, 0) is 40.5 Å². The van der Waals surface area contributed by atoms with E-state index in [2.05, 4.69) is 46.7 Å². The fourth-order valence-electron chi connectivity index (χ4n) is 4.38. The highest BCUT2D eigenvalue weighted by Gasteiger charge is 2.21. The Morgan fingerprint density at radius 1 is 0.771 bits per heavy atom. The highest BCUT2D eigenvalue weighted by Crippen LogP contribution is 2.34. The fourth-order valence-corrected chi connectivity index (χ4v) is 4.38. The monoisotopic (exact) mass is 460 g/mol. The Hall–Kier alpha value is -4.31. The van der Waals surface area contributed by atoms with Gasteiger partial charge in [-0.3, -0.25) is 4.79 Å². The van der Waals surface area contributed by atoms with Gasteiger partial charge >= 0.3 is 0 Å². The van der Waals surface area contributed by atoms with Crippen LogP contribution in [0.5, 0.6) is 5.75 Å². The summed E-state index contributed by atoms with van der Waals surface area (Å²) in [6.07, 6.45) is 2.39. The summed E-state index contributed by atoms with van der Waals surface area (Å²) in [6, 6.07) is 36.4. The van der Waals surface area contributed by atoms with E-state index in [4.69, 9.17) is 4.74 Å². The minimum absolute atomic E-state index is 0.0218. The largest absolute Gasteiger partial charge is 0.489 e. The molecular weight excluding hydrogens is 432 g/mol. The number of carbonyl (C=O) groups is 1. The van der Waals surface area contributed by atoms with E-state index in [-0.39, 0.29) is 11.8 Å². The molecule has 0 aliphatic rings. The third kappa shape index (κ3) is 5.61. The van der Waals surface area contributed by atoms with Gasteiger partial charge in [0.25, 0.3) is 0 Å². The molecule has 0 aliphatic heterocycles. The lowest BCUT2D eigenvalue weighted by Gasteiger charge is -2.18. The standard InChI is InChI=1S/C31H28N2O2/c34-31(33-20-23-9-3-1-4-10-23)19-28(29-21-32-30-14-8-7-13-27(29)30)25-15-17-26(18-16-25)35-22-24-11-5-2-6-12-24/h1-18,21,28,32H,19-20,22H2,(H,33,34). The number of carbonyl (C=O) groups excluding carboxylic acids is 1. The average Bonchev–Trinajstić information content (AvgIpc) is 3.35. The van der Waals surface area contributed by atoms with Gasteiger partial charge in [0.05, 0.1) is 0 Å². The van der Waals surface area contributed by atoms with Crippen molar-refractivity contribution in [3.05, 3.63) is 138 Å². The van der Waals surface area contributed by atoms with Crippen LogP contribution in [0, 0.1) is 0 Å². The molecule has 1 unspecified atom stereocenters. The zero-order chi connectivity index (χ0) is 23.9. The third-order valence-electron chi connectivity index (χ3n) is 6.25. The number of aromatic nitrogens is 1. The molecule has 0 fully saturated rings. The number of fused-ring (bicyclic) bond motifs is 1. The smallest absolute Gasteiger partial charge is 0.221 e. The van der Waals surface area contributed by atoms with Gasteiger partial charge in [0, 0.05) is 36.0 Å². The Bertz CT molecular complexity index is 1380. The highest BCUT2D eigenvalue weighted by atomic mass is 16.5. The van der Waals surface area contributed by atoms with E-state index in [1.54, 1.807) is 0 Å². The first-order valence-electron chi connectivity index (χ1n) is 11.9. The van der Waals surface area contributed by atoms with E-state index in [1.807, 2.05) is 79.0 Å². The summed E-state index contributed by atoms with van der Waals surface area (Å²) in [4.78, 5) is 16.4. The van der Waals surface area contributed by atoms with Crippen LogP contribution in [0.4, 0.5) is 0 Å². The lowest BCUT2D eigenvalue weighted by molar-refractivity contribution is -0.121. The number of rotatable bonds is 9. The maximum absolute atomic E-state index is 13.0. The number of H-pyrrole nitrogens is 1. The second-order valence-corrected chi connectivity index (χ2v) is 8.65. The Balaban J connectivity index is 1.35. The molecule has 2 N–H and O–H groups in total. The van der Waals surface area contributed by atoms with Crippen LogP contribution < -0.4 is 10.1 Å². The van der Waals surface area contributed by atoms with Crippen molar-refractivity contribution in [2.24, 2.45) is 0 Å². The quantitative estimate of drug-likeness (QED) is 0.261. The average molecular weight is 461 g/mol. The van der Waals surface area contributed by atoms with Gasteiger partial charge in [-0.2, -0.15) is 0 Å². The Morgan fingerprint density at radius 2 is 1.43 bits per heavy atom. The van der Waals surface area contributed by atoms with Gasteiger partial charge in [0.2, 0.25) is 5.91 Å². The number of nitrogens with one attached hydrogen (secondary N) is 2. The molecule has 0 radical (unpaired) electrons. The molecule has 0 saturated heterocycles. The molecule has 5 rings (SSSR count). The van der Waals surface area contributed by atoms with Crippen LogP contribution in [-0.2, 0) is 17.9 Å². The number of hydrogen-bond donors (Lipinski definition) is 2. The van der Waals surface area contributed by atoms with E-state index < -0.39 is 0 Å². The van der Waals surface area contributed by atoms with Gasteiger partial charge in [-0.15, -0.1) is 0 Å². The molecule has 0 saturated carbocycles. The zero-order valence-corrected chi connectivity index (χ0v) is 19.5. The van der Waals surface area contributed by atoms with Crippen molar-refractivity contribution in [2.45, 2.75) is 25.5 Å². The van der Waals surface area contributed by atoms with E-state index in [0.717, 1.165) is 38.9 Å². The van der Waals surface area contributed by atoms with E-state index in [9.17, 15) is 4.79 Å². The summed E-state index contributed by atoms with van der Waals surface area (Å²) in [5, 5.41) is 4.22. The van der Waals surface area contributed by atoms with E-state index >= 15 is 0 Å². The molecule has 0 spiro atoms. The lowest BCUT2D eigenvalue weighted by atomic mass is 9.88. The minimum atomic E-state index is -0.0786. The SMILES string of the molecule is O=C(CC(c1ccc(OCc2ccccc2)cc1)c1c[nH]c2ccccc12)NCc1ccccc1. The van der Waals surface area contributed by atoms with Crippen molar-refractivity contribution in [1.82, 2.24) is 10.3 Å². The summed E-state index contributed by atoms with van der Waals surface area (Å²) < 4.78 is 5.97. The first-order chi connectivity index (χ1) is 17.3. The Kier molecular flexibility index (Phi) is 6.90. The number of aromatic amines is 1. The van der Waals surface area contributed by atoms with Crippen molar-refractivity contribution >= 4 is 16.8 Å². The van der Waals surface area contributed by atoms with E-state index in [0.29, 0.717) is 19.6 Å². The summed E-state index contributed by atoms with van der Waals surface area (Å²) in [5.74, 6) is 0.752. The van der Waals surface area contributed by atoms with Crippen molar-refractivity contribution in [3.8, 4) is 5.75 Å². The molecule has 174 valence electrons. The predicted molar refractivity (Wildman–Crippen MR) is 140 cm³/mol. The number of ether oxygens (including phenoxy) is 1. The topological polar surface area (TPSA) is 54.1 Å². The zero-order valence-electron chi connectivity index (χ0n) is 19.5. The molecule has 4 nitrogen and oxygen atoms in total. The Morgan fingerprint density at radius 3 is 2.17 bits per heavy atom. The first kappa shape index (κ1) is 22.5. The van der Waals surface area contributed by atoms with Crippen molar-refractivity contribution in [2.75, 3.05) is 0 Å². The second-order valence-electron chi connectivity index (χ2n) is 8.65. The second kappa shape index (κ2) is 10.7. The van der Waals surface area contributed by atoms with Gasteiger partial charge in [0.15, 0.2) is 0 Å². The van der Waals surface area contributed by atoms with Crippen molar-refractivity contribution in [1.29, 1.82) is 0 Å². The highest BCUT2D eigenvalue weighted by molar-refractivity contribution is 5.86. The predicted octanol–water partition coefficient (Wildman–Crippen LogP) is 6.59. The van der Waals surface area contributed by atoms with Gasteiger partial charge in [-0.25, -0.2) is 0 Å². The normalized spacial score (nSPS) is 11.8. The first-order valence-corrected chi connectivity index (χ1v) is 11.9. The van der Waals surface area contributed by atoms with E-state index in [1.165, 1.54) is 0 Å². The number of para-hydroxylation sites is 1. The van der Waals surface area contributed by atoms with Crippen LogP contribution in [-0.4, -0.2) is 10.9 Å². The molecule has 0 aliphatic carbocycles. The molecule has 4 heteroatoms. The van der Waals surface area contributed by atoms with Crippen LogP contribution in [0.15, 0.2) is 115 Å². The molecule has 0 bridgehead atoms. The third-order valence-corrected chi connectivity index (χ3v) is 6.25. The summed E-state index contributed by atoms with van der Waals surface area (Å²) in [5.41, 5.74) is 5.48. The molecular formula is C31H28N2O2. The van der Waals surface area contributed by atoms with Crippen molar-refractivity contribution < 1.29 is 9.53 Å². The molecule has 1 amide bonds. The Labute approximate surface area is 205 Å². The molecule has 1 heterocycles. The molecule has 5 aromatic rings. The summed E-state index contributed by atoms with van der Waals surface area (Å²) >= 11 is 0. The number of benzene rings is 4. The lowest BCUT2D eigenvalue weighted by Crippen LogP contribution is -2.25. The number of amides is 1. The van der Waals surface area contributed by atoms with Crippen LogP contribution in [0.1, 0.15) is 34.6 Å². The van der Waals surface area contributed by atoms with Gasteiger partial charge < -0.3 is 15.0 Å². The number of hydrogen-bond acceptors (Lipinski definition) is 2. The van der Waals surface area contributed by atoms with Gasteiger partial charge in [-0.1, -0.05) is 91.0 Å². The fraction of sp³-hybridized carbons (Fsp3) is 0.129. The summed E-state index contributed by atoms with van der Waals surface area (Å²) in [7, 11) is 0. The van der Waals surface area contributed by atoms with Crippen LogP contribution in [0.2, 0.25) is 0 Å². The summed E-state index contributed by atoms with van der Waals surface area (Å²) in [6.45, 7) is 1.04. The maximum atomic E-state index is 13.0. The van der Waals surface area contributed by atoms with Crippen LogP contribution in [0.25, 0.3) is 10.9 Å². The molecule has 4 aromatic carbocycles. The van der Waals surface area contributed by atoms with Crippen LogP contribution in [0.3, 0.4) is 0 Å². The molecule has 1 aromatic heterocycles. The molecule has 1 atom stereocenters. The van der Waals surface area contributed by atoms with Crippen molar-refractivity contribution in [3.63, 3.8) is 0 Å². The minimum Gasteiger partial charge on any atom is -0.489 e. The van der Waals surface area contributed by atoms with Crippen LogP contribution >= 0.6 is 0 Å². The maximum Gasteiger partial charge on any atom is 0.221 e.